The number of pyridine rings is 1. The van der Waals surface area contributed by atoms with Gasteiger partial charge >= 0.3 is 0 Å². The highest BCUT2D eigenvalue weighted by molar-refractivity contribution is 6.29. The molecule has 3 N–H and O–H groups in total. The summed E-state index contributed by atoms with van der Waals surface area (Å²) in [6, 6.07) is 7.85. The van der Waals surface area contributed by atoms with Crippen LogP contribution in [0, 0.1) is 5.82 Å². The maximum absolute atomic E-state index is 15.0. The van der Waals surface area contributed by atoms with Crippen molar-refractivity contribution in [1.29, 1.82) is 0 Å². The van der Waals surface area contributed by atoms with Crippen LogP contribution in [-0.4, -0.2) is 56.2 Å². The third-order valence-electron chi connectivity index (χ3n) is 5.99. The minimum atomic E-state index is -0.528. The first-order valence-corrected chi connectivity index (χ1v) is 11.5. The Morgan fingerprint density at radius 2 is 2.19 bits per heavy atom. The third-order valence-corrected chi connectivity index (χ3v) is 6.17. The fraction of sp³-hybridized carbons (Fsp3) is 0.208. The van der Waals surface area contributed by atoms with Gasteiger partial charge in [0.1, 0.15) is 5.82 Å². The Labute approximate surface area is 209 Å². The lowest BCUT2D eigenvalue weighted by atomic mass is 10.0. The maximum Gasteiger partial charge on any atom is 0.273 e. The molecule has 12 heteroatoms. The second kappa shape index (κ2) is 9.78. The quantitative estimate of drug-likeness (QED) is 0.325. The molecule has 1 aromatic carbocycles. The number of benzene rings is 1. The zero-order valence-electron chi connectivity index (χ0n) is 18.9. The van der Waals surface area contributed by atoms with E-state index >= 15 is 0 Å². The lowest BCUT2D eigenvalue weighted by Gasteiger charge is -2.15. The van der Waals surface area contributed by atoms with Crippen molar-refractivity contribution < 1.29 is 18.5 Å². The van der Waals surface area contributed by atoms with Crippen LogP contribution in [0.25, 0.3) is 22.2 Å². The zero-order valence-corrected chi connectivity index (χ0v) is 19.7. The van der Waals surface area contributed by atoms with E-state index < -0.39 is 11.7 Å². The molecule has 0 unspecified atom stereocenters. The van der Waals surface area contributed by atoms with E-state index in [1.165, 1.54) is 18.2 Å². The van der Waals surface area contributed by atoms with Crippen LogP contribution in [0.15, 0.2) is 53.7 Å². The average Bonchev–Trinajstić information content (AvgIpc) is 3.63. The Kier molecular flexibility index (Phi) is 6.38. The second-order valence-electron chi connectivity index (χ2n) is 8.28. The normalized spacial score (nSPS) is 15.3. The Hall–Kier alpha value is -4.25. The van der Waals surface area contributed by atoms with Gasteiger partial charge in [-0.1, -0.05) is 23.9 Å². The molecule has 1 fully saturated rings. The van der Waals surface area contributed by atoms with E-state index in [2.05, 4.69) is 42.1 Å². The predicted molar refractivity (Wildman–Crippen MR) is 131 cm³/mol. The highest BCUT2D eigenvalue weighted by atomic mass is 35.5. The van der Waals surface area contributed by atoms with Gasteiger partial charge < -0.3 is 20.1 Å². The largest absolute Gasteiger partial charge is 0.363 e. The lowest BCUT2D eigenvalue weighted by molar-refractivity contribution is -0.125. The summed E-state index contributed by atoms with van der Waals surface area (Å²) < 4.78 is 19.7. The van der Waals surface area contributed by atoms with Gasteiger partial charge in [0.25, 0.3) is 5.91 Å². The van der Waals surface area contributed by atoms with Crippen molar-refractivity contribution in [2.45, 2.75) is 19.0 Å². The number of likely N-dealkylation sites (tertiary alicyclic amines) is 1. The van der Waals surface area contributed by atoms with E-state index in [1.54, 1.807) is 29.3 Å². The number of carbonyl (C=O) groups is 2. The lowest BCUT2D eigenvalue weighted by Crippen LogP contribution is -2.30. The SMILES string of the molecule is C=CC(=O)N1CC[C@@H](Nc2n[nH]c3nccc(-c4ccc(CNC(=O)c5cc(Cl)on5)c(F)c4)c23)C1. The molecule has 0 aliphatic carbocycles. The van der Waals surface area contributed by atoms with Crippen molar-refractivity contribution in [3.05, 3.63) is 71.5 Å². The number of H-pyrrole nitrogens is 1. The number of halogens is 2. The molecular formula is C24H21ClFN7O3. The summed E-state index contributed by atoms with van der Waals surface area (Å²) in [7, 11) is 0. The summed E-state index contributed by atoms with van der Waals surface area (Å²) in [4.78, 5) is 30.1. The molecule has 0 bridgehead atoms. The first kappa shape index (κ1) is 23.5. The number of nitrogens with zero attached hydrogens (tertiary/aromatic N) is 4. The third kappa shape index (κ3) is 4.65. The van der Waals surface area contributed by atoms with Crippen LogP contribution in [0.4, 0.5) is 10.2 Å². The van der Waals surface area contributed by atoms with Crippen LogP contribution in [0.2, 0.25) is 5.22 Å². The minimum Gasteiger partial charge on any atom is -0.363 e. The summed E-state index contributed by atoms with van der Waals surface area (Å²) in [5.74, 6) is -0.540. The predicted octanol–water partition coefficient (Wildman–Crippen LogP) is 3.53. The number of amides is 2. The average molecular weight is 510 g/mol. The molecule has 0 saturated carbocycles. The van der Waals surface area contributed by atoms with Crippen LogP contribution in [-0.2, 0) is 11.3 Å². The molecule has 3 aromatic heterocycles. The number of hydrogen-bond acceptors (Lipinski definition) is 7. The number of carbonyl (C=O) groups excluding carboxylic acids is 2. The van der Waals surface area contributed by atoms with Crippen LogP contribution >= 0.6 is 11.6 Å². The highest BCUT2D eigenvalue weighted by Crippen LogP contribution is 2.33. The summed E-state index contributed by atoms with van der Waals surface area (Å²) in [6.45, 7) is 4.66. The van der Waals surface area contributed by atoms with Gasteiger partial charge in [-0.05, 0) is 47.4 Å². The summed E-state index contributed by atoms with van der Waals surface area (Å²) in [6.07, 6.45) is 3.69. The molecule has 5 rings (SSSR count). The summed E-state index contributed by atoms with van der Waals surface area (Å²) >= 11 is 5.64. The molecule has 1 aliphatic rings. The highest BCUT2D eigenvalue weighted by Gasteiger charge is 2.26. The summed E-state index contributed by atoms with van der Waals surface area (Å²) in [5, 5.41) is 17.5. The Balaban J connectivity index is 1.35. The van der Waals surface area contributed by atoms with Crippen LogP contribution in [0.3, 0.4) is 0 Å². The molecule has 0 spiro atoms. The van der Waals surface area contributed by atoms with Gasteiger partial charge in [-0.3, -0.25) is 14.7 Å². The van der Waals surface area contributed by atoms with E-state index in [4.69, 9.17) is 11.6 Å². The standard InChI is InChI=1S/C24H21ClFN7O3/c1-2-20(34)33-8-6-15(12-33)29-23-21-16(5-7-27-22(21)30-31-23)13-3-4-14(17(26)9-13)11-28-24(35)18-10-19(25)36-32-18/h2-5,7,9-10,15H,1,6,8,11-12H2,(H,28,35)(H2,27,29,30,31)/t15-/m1/s1. The number of anilines is 1. The van der Waals surface area contributed by atoms with Gasteiger partial charge in [0.05, 0.1) is 5.39 Å². The second-order valence-corrected chi connectivity index (χ2v) is 8.65. The molecule has 184 valence electrons. The zero-order chi connectivity index (χ0) is 25.2. The molecule has 1 aliphatic heterocycles. The number of aromatic nitrogens is 4. The fourth-order valence-corrected chi connectivity index (χ4v) is 4.32. The van der Waals surface area contributed by atoms with Crippen LogP contribution in [0.1, 0.15) is 22.5 Å². The van der Waals surface area contributed by atoms with Crippen molar-refractivity contribution in [2.24, 2.45) is 0 Å². The van der Waals surface area contributed by atoms with Crippen LogP contribution in [0.5, 0.6) is 0 Å². The van der Waals surface area contributed by atoms with Gasteiger partial charge in [0.2, 0.25) is 11.1 Å². The molecular weight excluding hydrogens is 489 g/mol. The molecule has 10 nitrogen and oxygen atoms in total. The molecule has 1 saturated heterocycles. The number of aromatic amines is 1. The summed E-state index contributed by atoms with van der Waals surface area (Å²) in [5.41, 5.74) is 2.22. The maximum atomic E-state index is 15.0. The topological polar surface area (TPSA) is 129 Å². The molecule has 4 aromatic rings. The first-order valence-electron chi connectivity index (χ1n) is 11.1. The smallest absolute Gasteiger partial charge is 0.273 e. The minimum absolute atomic E-state index is 0.00966. The Bertz CT molecular complexity index is 1470. The van der Waals surface area contributed by atoms with E-state index in [9.17, 15) is 14.0 Å². The van der Waals surface area contributed by atoms with Gasteiger partial charge in [-0.15, -0.1) is 0 Å². The van der Waals surface area contributed by atoms with E-state index in [0.29, 0.717) is 35.7 Å². The van der Waals surface area contributed by atoms with Gasteiger partial charge in [-0.2, -0.15) is 5.10 Å². The Morgan fingerprint density at radius 3 is 2.94 bits per heavy atom. The Morgan fingerprint density at radius 1 is 1.33 bits per heavy atom. The van der Waals surface area contributed by atoms with Crippen molar-refractivity contribution in [1.82, 2.24) is 30.6 Å². The van der Waals surface area contributed by atoms with Gasteiger partial charge in [-0.25, -0.2) is 9.37 Å². The molecule has 36 heavy (non-hydrogen) atoms. The monoisotopic (exact) mass is 509 g/mol. The van der Waals surface area contributed by atoms with Crippen LogP contribution < -0.4 is 10.6 Å². The van der Waals surface area contributed by atoms with Gasteiger partial charge in [0, 0.05) is 43.5 Å². The first-order chi connectivity index (χ1) is 17.4. The van der Waals surface area contributed by atoms with Gasteiger partial charge in [0.15, 0.2) is 17.2 Å². The van der Waals surface area contributed by atoms with Crippen molar-refractivity contribution >= 4 is 40.3 Å². The van der Waals surface area contributed by atoms with Crippen molar-refractivity contribution in [2.75, 3.05) is 18.4 Å². The molecule has 1 atom stereocenters. The number of rotatable bonds is 7. The molecule has 2 amide bonds. The number of nitrogens with one attached hydrogen (secondary N) is 3. The fourth-order valence-electron chi connectivity index (χ4n) is 4.18. The van der Waals surface area contributed by atoms with E-state index in [1.807, 2.05) is 0 Å². The van der Waals surface area contributed by atoms with Crippen molar-refractivity contribution in [3.8, 4) is 11.1 Å². The van der Waals surface area contributed by atoms with E-state index in [-0.39, 0.29) is 29.4 Å². The molecule has 4 heterocycles. The van der Waals surface area contributed by atoms with Crippen molar-refractivity contribution in [3.63, 3.8) is 0 Å². The number of fused-ring (bicyclic) bond motifs is 1. The number of hydrogen-bond donors (Lipinski definition) is 3. The van der Waals surface area contributed by atoms with E-state index in [0.717, 1.165) is 17.4 Å². The molecule has 0 radical (unpaired) electrons.